The first-order chi connectivity index (χ1) is 7.68. The van der Waals surface area contributed by atoms with Crippen molar-refractivity contribution in [3.63, 3.8) is 0 Å². The van der Waals surface area contributed by atoms with Crippen molar-refractivity contribution in [3.05, 3.63) is 0 Å². The van der Waals surface area contributed by atoms with Gasteiger partial charge in [-0.15, -0.1) is 0 Å². The Hall–Kier alpha value is -0.520. The van der Waals surface area contributed by atoms with E-state index in [-0.39, 0.29) is 0 Å². The highest BCUT2D eigenvalue weighted by atomic mass is 16.5. The lowest BCUT2D eigenvalue weighted by molar-refractivity contribution is 0.0306. The average molecular weight is 225 g/mol. The van der Waals surface area contributed by atoms with E-state index in [0.29, 0.717) is 18.6 Å². The molecule has 1 aliphatic heterocycles. The molecule has 16 heavy (non-hydrogen) atoms. The third-order valence-electron chi connectivity index (χ3n) is 2.45. The van der Waals surface area contributed by atoms with Crippen LogP contribution < -0.4 is 0 Å². The lowest BCUT2D eigenvalue weighted by Crippen LogP contribution is -2.34. The van der Waals surface area contributed by atoms with E-state index in [1.54, 1.807) is 0 Å². The van der Waals surface area contributed by atoms with E-state index in [1.165, 1.54) is 0 Å². The van der Waals surface area contributed by atoms with E-state index in [9.17, 15) is 0 Å². The maximum atomic E-state index is 5.68. The van der Waals surface area contributed by atoms with Crippen LogP contribution in [0.2, 0.25) is 0 Å². The van der Waals surface area contributed by atoms with Crippen LogP contribution in [0.25, 0.3) is 0 Å². The van der Waals surface area contributed by atoms with Crippen molar-refractivity contribution in [2.45, 2.75) is 46.6 Å². The molecule has 0 aromatic carbocycles. The summed E-state index contributed by atoms with van der Waals surface area (Å²) in [5.41, 5.74) is 0. The molecule has 1 fully saturated rings. The van der Waals surface area contributed by atoms with E-state index in [0.717, 1.165) is 25.9 Å². The molecule has 1 saturated heterocycles. The smallest absolute Gasteiger partial charge is 0.108 e. The van der Waals surface area contributed by atoms with Gasteiger partial charge in [0.2, 0.25) is 0 Å². The quantitative estimate of drug-likeness (QED) is 0.670. The lowest BCUT2D eigenvalue weighted by atomic mass is 10.1. The Bertz CT molecular complexity index is 207. The first kappa shape index (κ1) is 15.5. The molecule has 2 heteroatoms. The highest BCUT2D eigenvalue weighted by molar-refractivity contribution is 5.01. The minimum atomic E-state index is 0.438. The van der Waals surface area contributed by atoms with E-state index in [4.69, 9.17) is 4.74 Å². The summed E-state index contributed by atoms with van der Waals surface area (Å²) in [4.78, 5) is 2.35. The molecule has 0 spiro atoms. The number of hydrogen-bond acceptors (Lipinski definition) is 2. The standard InChI is InChI=1S/C12H21NO.C2H6/c1-11(2)5-4-10-14-12-6-8-13(3)9-7-12;1-2/h11-12H,6-10H2,1-3H3;1-2H3. The van der Waals surface area contributed by atoms with Gasteiger partial charge >= 0.3 is 0 Å². The Balaban J connectivity index is 0.00000106. The van der Waals surface area contributed by atoms with E-state index >= 15 is 0 Å². The van der Waals surface area contributed by atoms with Crippen LogP contribution in [0.5, 0.6) is 0 Å². The molecule has 0 amide bonds. The van der Waals surface area contributed by atoms with Crippen molar-refractivity contribution in [2.75, 3.05) is 26.7 Å². The second-order valence-corrected chi connectivity index (χ2v) is 4.29. The predicted molar refractivity (Wildman–Crippen MR) is 70.4 cm³/mol. The van der Waals surface area contributed by atoms with Crippen molar-refractivity contribution in [1.82, 2.24) is 4.90 Å². The molecule has 0 aromatic heterocycles. The van der Waals surface area contributed by atoms with Crippen LogP contribution in [0.4, 0.5) is 0 Å². The fraction of sp³-hybridized carbons (Fsp3) is 0.857. The van der Waals surface area contributed by atoms with Crippen molar-refractivity contribution in [3.8, 4) is 11.8 Å². The van der Waals surface area contributed by atoms with Gasteiger partial charge in [-0.1, -0.05) is 39.5 Å². The Kier molecular flexibility index (Phi) is 9.37. The summed E-state index contributed by atoms with van der Waals surface area (Å²) >= 11 is 0. The number of nitrogens with zero attached hydrogens (tertiary/aromatic N) is 1. The van der Waals surface area contributed by atoms with Crippen LogP contribution in [0.15, 0.2) is 0 Å². The summed E-state index contributed by atoms with van der Waals surface area (Å²) in [5, 5.41) is 0. The molecule has 0 bridgehead atoms. The largest absolute Gasteiger partial charge is 0.365 e. The van der Waals surface area contributed by atoms with Crippen LogP contribution in [0, 0.1) is 17.8 Å². The Morgan fingerprint density at radius 3 is 2.31 bits per heavy atom. The predicted octanol–water partition coefficient (Wildman–Crippen LogP) is 2.78. The average Bonchev–Trinajstić information content (AvgIpc) is 2.29. The molecule has 1 aliphatic rings. The summed E-state index contributed by atoms with van der Waals surface area (Å²) < 4.78 is 5.68. The van der Waals surface area contributed by atoms with Crippen molar-refractivity contribution in [1.29, 1.82) is 0 Å². The molecule has 1 heterocycles. The zero-order valence-corrected chi connectivity index (χ0v) is 11.5. The molecule has 2 nitrogen and oxygen atoms in total. The van der Waals surface area contributed by atoms with Crippen molar-refractivity contribution in [2.24, 2.45) is 5.92 Å². The summed E-state index contributed by atoms with van der Waals surface area (Å²) in [6.07, 6.45) is 2.74. The number of piperidine rings is 1. The van der Waals surface area contributed by atoms with Gasteiger partial charge in [0.25, 0.3) is 0 Å². The van der Waals surface area contributed by atoms with Gasteiger partial charge in [-0.25, -0.2) is 0 Å². The van der Waals surface area contributed by atoms with Gasteiger partial charge in [0, 0.05) is 19.0 Å². The highest BCUT2D eigenvalue weighted by Gasteiger charge is 2.15. The molecular weight excluding hydrogens is 198 g/mol. The molecule has 0 atom stereocenters. The third-order valence-corrected chi connectivity index (χ3v) is 2.45. The minimum Gasteiger partial charge on any atom is -0.365 e. The van der Waals surface area contributed by atoms with E-state index in [1.807, 2.05) is 13.8 Å². The van der Waals surface area contributed by atoms with Crippen LogP contribution >= 0.6 is 0 Å². The summed E-state index contributed by atoms with van der Waals surface area (Å²) in [6, 6.07) is 0. The molecule has 1 rings (SSSR count). The maximum Gasteiger partial charge on any atom is 0.108 e. The summed E-state index contributed by atoms with van der Waals surface area (Å²) in [5.74, 6) is 6.62. The first-order valence-corrected chi connectivity index (χ1v) is 6.47. The van der Waals surface area contributed by atoms with Crippen molar-refractivity contribution < 1.29 is 4.74 Å². The topological polar surface area (TPSA) is 12.5 Å². The molecule has 0 N–H and O–H groups in total. The molecule has 0 saturated carbocycles. The maximum absolute atomic E-state index is 5.68. The zero-order valence-electron chi connectivity index (χ0n) is 11.5. The number of ether oxygens (including phenoxy) is 1. The van der Waals surface area contributed by atoms with Gasteiger partial charge in [-0.2, -0.15) is 0 Å². The van der Waals surface area contributed by atoms with E-state index in [2.05, 4.69) is 37.6 Å². The Labute approximate surface area is 101 Å². The minimum absolute atomic E-state index is 0.438. The SMILES string of the molecule is CC.CC(C)C#CCOC1CCN(C)CC1. The fourth-order valence-corrected chi connectivity index (χ4v) is 1.56. The van der Waals surface area contributed by atoms with Crippen LogP contribution in [0.1, 0.15) is 40.5 Å². The zero-order chi connectivity index (χ0) is 12.4. The number of likely N-dealkylation sites (tertiary alicyclic amines) is 1. The summed E-state index contributed by atoms with van der Waals surface area (Å²) in [6.45, 7) is 11.1. The van der Waals surface area contributed by atoms with Gasteiger partial charge in [-0.3, -0.25) is 0 Å². The van der Waals surface area contributed by atoms with Crippen LogP contribution in [-0.2, 0) is 4.74 Å². The molecular formula is C14H27NO. The number of hydrogen-bond donors (Lipinski definition) is 0. The lowest BCUT2D eigenvalue weighted by Gasteiger charge is -2.28. The Morgan fingerprint density at radius 2 is 1.81 bits per heavy atom. The molecule has 0 radical (unpaired) electrons. The second kappa shape index (κ2) is 9.69. The third kappa shape index (κ3) is 7.73. The van der Waals surface area contributed by atoms with Crippen molar-refractivity contribution >= 4 is 0 Å². The monoisotopic (exact) mass is 225 g/mol. The highest BCUT2D eigenvalue weighted by Crippen LogP contribution is 2.11. The first-order valence-electron chi connectivity index (χ1n) is 6.47. The Morgan fingerprint density at radius 1 is 1.25 bits per heavy atom. The normalized spacial score (nSPS) is 17.4. The van der Waals surface area contributed by atoms with Gasteiger partial charge in [0.1, 0.15) is 6.61 Å². The van der Waals surface area contributed by atoms with Crippen LogP contribution in [-0.4, -0.2) is 37.7 Å². The summed E-state index contributed by atoms with van der Waals surface area (Å²) in [7, 11) is 2.16. The fourth-order valence-electron chi connectivity index (χ4n) is 1.56. The molecule has 0 aliphatic carbocycles. The van der Waals surface area contributed by atoms with Gasteiger partial charge in [0.05, 0.1) is 6.10 Å². The van der Waals surface area contributed by atoms with Gasteiger partial charge in [-0.05, 0) is 19.9 Å². The van der Waals surface area contributed by atoms with E-state index < -0.39 is 0 Å². The van der Waals surface area contributed by atoms with Crippen LogP contribution in [0.3, 0.4) is 0 Å². The molecule has 0 aromatic rings. The number of rotatable bonds is 2. The second-order valence-electron chi connectivity index (χ2n) is 4.29. The molecule has 94 valence electrons. The molecule has 0 unspecified atom stereocenters. The van der Waals surface area contributed by atoms with Gasteiger partial charge < -0.3 is 9.64 Å². The van der Waals surface area contributed by atoms with Gasteiger partial charge in [0.15, 0.2) is 0 Å².